The molecule has 0 aliphatic carbocycles. The molecule has 0 amide bonds. The molecule has 0 aromatic heterocycles. The van der Waals surface area contributed by atoms with E-state index in [0.29, 0.717) is 13.0 Å². The Morgan fingerprint density at radius 1 is 1.58 bits per heavy atom. The van der Waals surface area contributed by atoms with Crippen molar-refractivity contribution in [2.75, 3.05) is 26.7 Å². The van der Waals surface area contributed by atoms with Gasteiger partial charge in [-0.1, -0.05) is 0 Å². The summed E-state index contributed by atoms with van der Waals surface area (Å²) in [6, 6.07) is 0. The molecule has 1 rings (SSSR count). The minimum Gasteiger partial charge on any atom is -0.390 e. The predicted molar refractivity (Wildman–Crippen MR) is 42.3 cm³/mol. The SMILES string of the molecule is CN1CCCC(C(F)(F)CO)C1. The van der Waals surface area contributed by atoms with E-state index in [1.165, 1.54) is 0 Å². The van der Waals surface area contributed by atoms with Crippen LogP contribution >= 0.6 is 0 Å². The second kappa shape index (κ2) is 3.66. The molecular formula is C8H15F2NO. The Labute approximate surface area is 71.2 Å². The van der Waals surface area contributed by atoms with Crippen LogP contribution in [0.2, 0.25) is 0 Å². The molecule has 0 aromatic rings. The van der Waals surface area contributed by atoms with Gasteiger partial charge in [0.15, 0.2) is 0 Å². The maximum Gasteiger partial charge on any atom is 0.274 e. The summed E-state index contributed by atoms with van der Waals surface area (Å²) >= 11 is 0. The summed E-state index contributed by atoms with van der Waals surface area (Å²) in [5.41, 5.74) is 0. The van der Waals surface area contributed by atoms with Crippen LogP contribution in [0.5, 0.6) is 0 Å². The lowest BCUT2D eigenvalue weighted by atomic mass is 9.92. The third-order valence-electron chi connectivity index (χ3n) is 2.43. The Balaban J connectivity index is 2.50. The van der Waals surface area contributed by atoms with Crippen LogP contribution in [-0.4, -0.2) is 42.7 Å². The van der Waals surface area contributed by atoms with Gasteiger partial charge >= 0.3 is 0 Å². The van der Waals surface area contributed by atoms with Gasteiger partial charge in [-0.15, -0.1) is 0 Å². The molecule has 0 bridgehead atoms. The average molecular weight is 179 g/mol. The first-order chi connectivity index (χ1) is 5.56. The second-order valence-electron chi connectivity index (χ2n) is 3.52. The molecule has 2 nitrogen and oxygen atoms in total. The van der Waals surface area contributed by atoms with Crippen molar-refractivity contribution >= 4 is 0 Å². The van der Waals surface area contributed by atoms with Crippen molar-refractivity contribution in [3.05, 3.63) is 0 Å². The van der Waals surface area contributed by atoms with Gasteiger partial charge in [-0.05, 0) is 26.4 Å². The summed E-state index contributed by atoms with van der Waals surface area (Å²) in [5, 5.41) is 8.46. The van der Waals surface area contributed by atoms with Crippen LogP contribution < -0.4 is 0 Å². The molecule has 1 fully saturated rings. The fourth-order valence-electron chi connectivity index (χ4n) is 1.64. The molecule has 0 radical (unpaired) electrons. The largest absolute Gasteiger partial charge is 0.390 e. The lowest BCUT2D eigenvalue weighted by Gasteiger charge is -2.33. The van der Waals surface area contributed by atoms with Crippen molar-refractivity contribution < 1.29 is 13.9 Å². The zero-order valence-corrected chi connectivity index (χ0v) is 7.26. The van der Waals surface area contributed by atoms with Gasteiger partial charge in [0.05, 0.1) is 0 Å². The smallest absolute Gasteiger partial charge is 0.274 e. The van der Waals surface area contributed by atoms with Crippen molar-refractivity contribution in [2.24, 2.45) is 5.92 Å². The van der Waals surface area contributed by atoms with Crippen LogP contribution in [0.25, 0.3) is 0 Å². The number of halogens is 2. The van der Waals surface area contributed by atoms with Gasteiger partial charge in [0.1, 0.15) is 6.61 Å². The Morgan fingerprint density at radius 2 is 2.25 bits per heavy atom. The lowest BCUT2D eigenvalue weighted by Crippen LogP contribution is -2.43. The third kappa shape index (κ3) is 2.14. The Kier molecular flexibility index (Phi) is 3.01. The van der Waals surface area contributed by atoms with E-state index in [0.717, 1.165) is 13.0 Å². The third-order valence-corrected chi connectivity index (χ3v) is 2.43. The van der Waals surface area contributed by atoms with Crippen molar-refractivity contribution in [3.63, 3.8) is 0 Å². The number of nitrogens with zero attached hydrogens (tertiary/aromatic N) is 1. The fraction of sp³-hybridized carbons (Fsp3) is 1.00. The van der Waals surface area contributed by atoms with Crippen LogP contribution in [0.1, 0.15) is 12.8 Å². The highest BCUT2D eigenvalue weighted by Gasteiger charge is 2.40. The highest BCUT2D eigenvalue weighted by atomic mass is 19.3. The standard InChI is InChI=1S/C8H15F2NO/c1-11-4-2-3-7(5-11)8(9,10)6-12/h7,12H,2-6H2,1H3. The van der Waals surface area contributed by atoms with Crippen molar-refractivity contribution in [1.29, 1.82) is 0 Å². The minimum atomic E-state index is -2.89. The van der Waals surface area contributed by atoms with E-state index in [2.05, 4.69) is 0 Å². The van der Waals surface area contributed by atoms with Crippen LogP contribution in [0.4, 0.5) is 8.78 Å². The predicted octanol–water partition coefficient (Wildman–Crippen LogP) is 0.956. The molecule has 0 aromatic carbocycles. The van der Waals surface area contributed by atoms with Crippen LogP contribution in [0, 0.1) is 5.92 Å². The van der Waals surface area contributed by atoms with Crippen molar-refractivity contribution in [3.8, 4) is 0 Å². The molecule has 1 saturated heterocycles. The van der Waals surface area contributed by atoms with Gasteiger partial charge in [-0.2, -0.15) is 0 Å². The molecular weight excluding hydrogens is 164 g/mol. The van der Waals surface area contributed by atoms with Gasteiger partial charge in [0.2, 0.25) is 0 Å². The topological polar surface area (TPSA) is 23.5 Å². The van der Waals surface area contributed by atoms with E-state index in [9.17, 15) is 8.78 Å². The number of aliphatic hydroxyl groups excluding tert-OH is 1. The second-order valence-corrected chi connectivity index (χ2v) is 3.52. The summed E-state index contributed by atoms with van der Waals surface area (Å²) in [7, 11) is 1.83. The highest BCUT2D eigenvalue weighted by molar-refractivity contribution is 4.82. The van der Waals surface area contributed by atoms with Gasteiger partial charge in [-0.25, -0.2) is 8.78 Å². The number of piperidine rings is 1. The first-order valence-electron chi connectivity index (χ1n) is 4.23. The lowest BCUT2D eigenvalue weighted by molar-refractivity contribution is -0.113. The van der Waals surface area contributed by atoms with Crippen LogP contribution in [-0.2, 0) is 0 Å². The van der Waals surface area contributed by atoms with E-state index >= 15 is 0 Å². The molecule has 1 heterocycles. The summed E-state index contributed by atoms with van der Waals surface area (Å²) in [5.74, 6) is -3.56. The number of rotatable bonds is 2. The molecule has 1 aliphatic rings. The molecule has 72 valence electrons. The average Bonchev–Trinajstić information content (AvgIpc) is 2.05. The zero-order chi connectivity index (χ0) is 9.19. The van der Waals surface area contributed by atoms with E-state index in [-0.39, 0.29) is 0 Å². The van der Waals surface area contributed by atoms with Crippen molar-refractivity contribution in [2.45, 2.75) is 18.8 Å². The first-order valence-corrected chi connectivity index (χ1v) is 4.23. The molecule has 0 spiro atoms. The summed E-state index contributed by atoms with van der Waals surface area (Å²) in [6.07, 6.45) is 1.33. The molecule has 1 N–H and O–H groups in total. The van der Waals surface area contributed by atoms with Crippen molar-refractivity contribution in [1.82, 2.24) is 4.90 Å². The molecule has 1 unspecified atom stereocenters. The number of hydrogen-bond donors (Lipinski definition) is 1. The van der Waals surface area contributed by atoms with Crippen LogP contribution in [0.15, 0.2) is 0 Å². The van der Waals surface area contributed by atoms with E-state index < -0.39 is 18.4 Å². The maximum atomic E-state index is 12.9. The van der Waals surface area contributed by atoms with Gasteiger partial charge in [-0.3, -0.25) is 0 Å². The van der Waals surface area contributed by atoms with Gasteiger partial charge in [0, 0.05) is 12.5 Å². The minimum absolute atomic E-state index is 0.396. The quantitative estimate of drug-likeness (QED) is 0.682. The number of hydrogen-bond acceptors (Lipinski definition) is 2. The molecule has 0 saturated carbocycles. The van der Waals surface area contributed by atoms with Gasteiger partial charge < -0.3 is 10.0 Å². The molecule has 12 heavy (non-hydrogen) atoms. The monoisotopic (exact) mass is 179 g/mol. The number of likely N-dealkylation sites (tertiary alicyclic amines) is 1. The Morgan fingerprint density at radius 3 is 2.75 bits per heavy atom. The zero-order valence-electron chi connectivity index (χ0n) is 7.26. The Hall–Kier alpha value is -0.220. The summed E-state index contributed by atoms with van der Waals surface area (Å²) < 4.78 is 25.9. The Bertz CT molecular complexity index is 152. The van der Waals surface area contributed by atoms with E-state index in [1.54, 1.807) is 0 Å². The van der Waals surface area contributed by atoms with E-state index in [1.807, 2.05) is 11.9 Å². The normalized spacial score (nSPS) is 27.5. The number of aliphatic hydroxyl groups is 1. The van der Waals surface area contributed by atoms with E-state index in [4.69, 9.17) is 5.11 Å². The highest BCUT2D eigenvalue weighted by Crippen LogP contribution is 2.30. The fourth-order valence-corrected chi connectivity index (χ4v) is 1.64. The maximum absolute atomic E-state index is 12.9. The molecule has 1 aliphatic heterocycles. The molecule has 1 atom stereocenters. The summed E-state index contributed by atoms with van der Waals surface area (Å²) in [4.78, 5) is 1.89. The molecule has 4 heteroatoms. The first kappa shape index (κ1) is 9.86. The van der Waals surface area contributed by atoms with Gasteiger partial charge in [0.25, 0.3) is 5.92 Å². The van der Waals surface area contributed by atoms with Crippen LogP contribution in [0.3, 0.4) is 0 Å². The number of alkyl halides is 2. The summed E-state index contributed by atoms with van der Waals surface area (Å²) in [6.45, 7) is 0.261.